The summed E-state index contributed by atoms with van der Waals surface area (Å²) in [5.41, 5.74) is 6.93. The second-order valence-electron chi connectivity index (χ2n) is 10.2. The molecule has 4 heteroatoms. The molecule has 0 saturated carbocycles. The van der Waals surface area contributed by atoms with Crippen LogP contribution in [0.5, 0.6) is 0 Å². The van der Waals surface area contributed by atoms with E-state index in [-0.39, 0.29) is 10.8 Å². The molecule has 1 heterocycles. The van der Waals surface area contributed by atoms with Gasteiger partial charge in [0.25, 0.3) is 0 Å². The summed E-state index contributed by atoms with van der Waals surface area (Å²) in [4.78, 5) is 15.5. The Morgan fingerprint density at radius 1 is 1.03 bits per heavy atom. The van der Waals surface area contributed by atoms with Gasteiger partial charge >= 0.3 is 5.97 Å². The quantitative estimate of drug-likeness (QED) is 0.475. The molecule has 0 bridgehead atoms. The predicted octanol–water partition coefficient (Wildman–Crippen LogP) is 6.46. The zero-order valence-corrected chi connectivity index (χ0v) is 19.6. The van der Waals surface area contributed by atoms with Gasteiger partial charge in [-0.05, 0) is 70.5 Å². The van der Waals surface area contributed by atoms with Crippen molar-refractivity contribution in [3.8, 4) is 0 Å². The molecule has 3 aromatic rings. The van der Waals surface area contributed by atoms with Crippen LogP contribution in [0.1, 0.15) is 84.5 Å². The molecule has 0 fully saturated rings. The van der Waals surface area contributed by atoms with Crippen LogP contribution in [0.4, 0.5) is 0 Å². The first-order chi connectivity index (χ1) is 15.1. The summed E-state index contributed by atoms with van der Waals surface area (Å²) in [6.07, 6.45) is 10.5. The molecule has 1 aliphatic carbocycles. The van der Waals surface area contributed by atoms with Crippen molar-refractivity contribution in [2.75, 3.05) is 0 Å². The smallest absolute Gasteiger partial charge is 0.335 e. The summed E-state index contributed by atoms with van der Waals surface area (Å²) in [5, 5.41) is 9.14. The second-order valence-corrected chi connectivity index (χ2v) is 10.2. The van der Waals surface area contributed by atoms with Gasteiger partial charge in [0.05, 0.1) is 5.56 Å². The van der Waals surface area contributed by atoms with Crippen molar-refractivity contribution < 1.29 is 9.90 Å². The SMILES string of the molecule is Cc1nccn1Cc1cc2c(cc1C=Cc1ccc(C(=O)O)cc1)C(C)(C)CCC2(C)C. The standard InChI is InChI=1S/C28H32N2O2/c1-19-29-14-15-30(19)18-23-17-25-24(27(2,3)12-13-28(25,4)5)16-22(23)11-8-20-6-9-21(10-7-20)26(31)32/h6-11,14-17H,12-13,18H2,1-5H3,(H,31,32). The van der Waals surface area contributed by atoms with E-state index in [2.05, 4.69) is 61.5 Å². The number of fused-ring (bicyclic) bond motifs is 1. The molecule has 1 aliphatic rings. The lowest BCUT2D eigenvalue weighted by Gasteiger charge is -2.42. The summed E-state index contributed by atoms with van der Waals surface area (Å²) in [5.74, 6) is 0.0968. The van der Waals surface area contributed by atoms with Crippen LogP contribution in [-0.4, -0.2) is 20.6 Å². The fourth-order valence-corrected chi connectivity index (χ4v) is 4.64. The molecule has 0 radical (unpaired) electrons. The number of aromatic carboxylic acids is 1. The summed E-state index contributed by atoms with van der Waals surface area (Å²) in [6, 6.07) is 11.8. The summed E-state index contributed by atoms with van der Waals surface area (Å²) < 4.78 is 2.18. The summed E-state index contributed by atoms with van der Waals surface area (Å²) >= 11 is 0. The van der Waals surface area contributed by atoms with Gasteiger partial charge in [-0.1, -0.05) is 64.1 Å². The number of hydrogen-bond acceptors (Lipinski definition) is 2. The Kier molecular flexibility index (Phi) is 5.58. The van der Waals surface area contributed by atoms with Gasteiger partial charge in [-0.25, -0.2) is 9.78 Å². The summed E-state index contributed by atoms with van der Waals surface area (Å²) in [6.45, 7) is 12.2. The first-order valence-electron chi connectivity index (χ1n) is 11.2. The number of carboxylic acids is 1. The van der Waals surface area contributed by atoms with Crippen LogP contribution in [0.3, 0.4) is 0 Å². The molecule has 4 nitrogen and oxygen atoms in total. The van der Waals surface area contributed by atoms with Gasteiger partial charge in [0.2, 0.25) is 0 Å². The van der Waals surface area contributed by atoms with Crippen molar-refractivity contribution in [2.45, 2.75) is 64.8 Å². The molecule has 166 valence electrons. The lowest BCUT2D eigenvalue weighted by Crippen LogP contribution is -2.34. The number of benzene rings is 2. The molecule has 0 saturated heterocycles. The number of hydrogen-bond donors (Lipinski definition) is 1. The number of aryl methyl sites for hydroxylation is 1. The van der Waals surface area contributed by atoms with Crippen LogP contribution in [0.25, 0.3) is 12.2 Å². The molecule has 0 unspecified atom stereocenters. The summed E-state index contributed by atoms with van der Waals surface area (Å²) in [7, 11) is 0. The van der Waals surface area contributed by atoms with E-state index in [1.165, 1.54) is 35.1 Å². The van der Waals surface area contributed by atoms with E-state index < -0.39 is 5.97 Å². The van der Waals surface area contributed by atoms with Crippen molar-refractivity contribution in [1.82, 2.24) is 9.55 Å². The molecular weight excluding hydrogens is 396 g/mol. The molecule has 1 N–H and O–H groups in total. The first-order valence-corrected chi connectivity index (χ1v) is 11.2. The van der Waals surface area contributed by atoms with Crippen molar-refractivity contribution >= 4 is 18.1 Å². The Labute approximate surface area is 190 Å². The van der Waals surface area contributed by atoms with Gasteiger partial charge in [-0.15, -0.1) is 0 Å². The third kappa shape index (κ3) is 4.27. The number of nitrogens with zero attached hydrogens (tertiary/aromatic N) is 2. The Hall–Kier alpha value is -3.14. The van der Waals surface area contributed by atoms with E-state index in [1.807, 2.05) is 31.5 Å². The third-order valence-electron chi connectivity index (χ3n) is 6.99. The molecule has 0 aliphatic heterocycles. The van der Waals surface area contributed by atoms with E-state index in [0.717, 1.165) is 17.9 Å². The minimum Gasteiger partial charge on any atom is -0.478 e. The van der Waals surface area contributed by atoms with E-state index >= 15 is 0 Å². The highest BCUT2D eigenvalue weighted by Gasteiger charge is 2.37. The van der Waals surface area contributed by atoms with Crippen molar-refractivity contribution in [1.29, 1.82) is 0 Å². The Morgan fingerprint density at radius 3 is 2.22 bits per heavy atom. The Bertz CT molecular complexity index is 1180. The molecule has 0 atom stereocenters. The second kappa shape index (κ2) is 8.09. The maximum atomic E-state index is 11.1. The van der Waals surface area contributed by atoms with Crippen LogP contribution in [0, 0.1) is 6.92 Å². The van der Waals surface area contributed by atoms with Crippen molar-refractivity contribution in [3.63, 3.8) is 0 Å². The lowest BCUT2D eigenvalue weighted by atomic mass is 9.62. The van der Waals surface area contributed by atoms with E-state index in [9.17, 15) is 4.79 Å². The van der Waals surface area contributed by atoms with Crippen molar-refractivity contribution in [2.24, 2.45) is 0 Å². The van der Waals surface area contributed by atoms with Crippen LogP contribution < -0.4 is 0 Å². The van der Waals surface area contributed by atoms with E-state index in [4.69, 9.17) is 5.11 Å². The van der Waals surface area contributed by atoms with Crippen LogP contribution in [0.15, 0.2) is 48.8 Å². The highest BCUT2D eigenvalue weighted by molar-refractivity contribution is 5.88. The van der Waals surface area contributed by atoms with Crippen LogP contribution in [0.2, 0.25) is 0 Å². The fourth-order valence-electron chi connectivity index (χ4n) is 4.64. The predicted molar refractivity (Wildman–Crippen MR) is 130 cm³/mol. The fraction of sp³-hybridized carbons (Fsp3) is 0.357. The zero-order valence-electron chi connectivity index (χ0n) is 19.6. The number of aromatic nitrogens is 2. The average molecular weight is 429 g/mol. The molecular formula is C28H32N2O2. The molecule has 2 aromatic carbocycles. The molecule has 0 spiro atoms. The zero-order chi connectivity index (χ0) is 23.1. The first kappa shape index (κ1) is 22.1. The minimum absolute atomic E-state index is 0.139. The van der Waals surface area contributed by atoms with Gasteiger partial charge in [0.15, 0.2) is 0 Å². The van der Waals surface area contributed by atoms with Crippen molar-refractivity contribution in [3.05, 3.63) is 88.0 Å². The Balaban J connectivity index is 1.80. The molecule has 32 heavy (non-hydrogen) atoms. The minimum atomic E-state index is -0.905. The normalized spacial score (nSPS) is 16.8. The number of imidazole rings is 1. The van der Waals surface area contributed by atoms with E-state index in [1.54, 1.807) is 12.1 Å². The number of rotatable bonds is 5. The van der Waals surface area contributed by atoms with Gasteiger partial charge < -0.3 is 9.67 Å². The van der Waals surface area contributed by atoms with Gasteiger partial charge in [-0.3, -0.25) is 0 Å². The van der Waals surface area contributed by atoms with Gasteiger partial charge in [0, 0.05) is 18.9 Å². The monoisotopic (exact) mass is 428 g/mol. The number of carboxylic acid groups (broad SMARTS) is 1. The highest BCUT2D eigenvalue weighted by atomic mass is 16.4. The maximum Gasteiger partial charge on any atom is 0.335 e. The van der Waals surface area contributed by atoms with Gasteiger partial charge in [0.1, 0.15) is 5.82 Å². The highest BCUT2D eigenvalue weighted by Crippen LogP contribution is 2.46. The largest absolute Gasteiger partial charge is 0.478 e. The van der Waals surface area contributed by atoms with Gasteiger partial charge in [-0.2, -0.15) is 0 Å². The molecule has 0 amide bonds. The molecule has 1 aromatic heterocycles. The number of carbonyl (C=O) groups is 1. The van der Waals surface area contributed by atoms with E-state index in [0.29, 0.717) is 5.56 Å². The topological polar surface area (TPSA) is 55.1 Å². The lowest BCUT2D eigenvalue weighted by molar-refractivity contribution is 0.0697. The third-order valence-corrected chi connectivity index (χ3v) is 6.99. The van der Waals surface area contributed by atoms with Crippen LogP contribution in [-0.2, 0) is 17.4 Å². The maximum absolute atomic E-state index is 11.1. The molecule has 4 rings (SSSR count). The Morgan fingerprint density at radius 2 is 1.66 bits per heavy atom. The average Bonchev–Trinajstić information content (AvgIpc) is 3.15. The van der Waals surface area contributed by atoms with Crippen LogP contribution >= 0.6 is 0 Å².